The van der Waals surface area contributed by atoms with E-state index in [0.717, 1.165) is 6.92 Å². The lowest BCUT2D eigenvalue weighted by Gasteiger charge is -2.01. The van der Waals surface area contributed by atoms with Crippen molar-refractivity contribution in [1.29, 1.82) is 0 Å². The molecule has 0 radical (unpaired) electrons. The largest absolute Gasteiger partial charge is 0.464 e. The summed E-state index contributed by atoms with van der Waals surface area (Å²) in [5.41, 5.74) is 0. The zero-order valence-electron chi connectivity index (χ0n) is 12.1. The van der Waals surface area contributed by atoms with E-state index < -0.39 is 31.5 Å². The highest BCUT2D eigenvalue weighted by atomic mass is 79.9. The highest BCUT2D eigenvalue weighted by molar-refractivity contribution is 9.10. The van der Waals surface area contributed by atoms with Crippen molar-refractivity contribution in [2.24, 2.45) is 0 Å². The van der Waals surface area contributed by atoms with Gasteiger partial charge in [-0.25, -0.2) is 4.98 Å². The van der Waals surface area contributed by atoms with Gasteiger partial charge in [0.15, 0.2) is 0 Å². The third-order valence-electron chi connectivity index (χ3n) is 0.804. The molecule has 0 unspecified atom stereocenters. The highest BCUT2D eigenvalue weighted by Crippen LogP contribution is 2.03. The molecule has 0 atom stereocenters. The second-order valence-corrected chi connectivity index (χ2v) is 2.51. The molecule has 0 spiro atoms. The standard InChI is InChI=1S/C7H9BrN2O2/c1-6(11)12-3-2-10-4-7(8)9-5-10/h4-5H,2-3H2,1H3/i2D2,3D2,4D,5D. The van der Waals surface area contributed by atoms with Gasteiger partial charge in [0.05, 0.1) is 19.7 Å². The number of carbonyl (C=O) groups is 1. The first-order valence-corrected chi connectivity index (χ1v) is 3.71. The minimum Gasteiger partial charge on any atom is -0.464 e. The Morgan fingerprint density at radius 1 is 2.08 bits per heavy atom. The van der Waals surface area contributed by atoms with Gasteiger partial charge in [-0.15, -0.1) is 0 Å². The van der Waals surface area contributed by atoms with Gasteiger partial charge in [-0.1, -0.05) is 0 Å². The van der Waals surface area contributed by atoms with Crippen molar-refractivity contribution >= 4 is 21.9 Å². The molecule has 4 nitrogen and oxygen atoms in total. The molecule has 0 aromatic carbocycles. The Morgan fingerprint density at radius 3 is 3.33 bits per heavy atom. The van der Waals surface area contributed by atoms with Gasteiger partial charge in [0.25, 0.3) is 0 Å². The van der Waals surface area contributed by atoms with Crippen LogP contribution in [-0.2, 0) is 16.0 Å². The van der Waals surface area contributed by atoms with Crippen molar-refractivity contribution in [2.45, 2.75) is 13.4 Å². The van der Waals surface area contributed by atoms with Crippen LogP contribution in [0.5, 0.6) is 0 Å². The van der Waals surface area contributed by atoms with Crippen LogP contribution in [0.25, 0.3) is 0 Å². The lowest BCUT2D eigenvalue weighted by molar-refractivity contribution is -0.141. The molecule has 1 rings (SSSR count). The Bertz CT molecular complexity index is 489. The van der Waals surface area contributed by atoms with Crippen LogP contribution in [-0.4, -0.2) is 22.1 Å². The highest BCUT2D eigenvalue weighted by Gasteiger charge is 1.95. The Kier molecular flexibility index (Phi) is 1.39. The number of carbonyl (C=O) groups excluding carboxylic acids is 1. The maximum atomic E-state index is 10.8. The zero-order valence-corrected chi connectivity index (χ0v) is 7.67. The molecular weight excluding hydrogens is 224 g/mol. The van der Waals surface area contributed by atoms with E-state index in [1.165, 1.54) is 0 Å². The first-order valence-electron chi connectivity index (χ1n) is 5.92. The maximum absolute atomic E-state index is 10.8. The molecule has 1 aromatic heterocycles. The van der Waals surface area contributed by atoms with Gasteiger partial charge in [0, 0.05) is 13.1 Å². The molecule has 0 saturated carbocycles. The van der Waals surface area contributed by atoms with Crippen molar-refractivity contribution in [3.05, 3.63) is 17.1 Å². The van der Waals surface area contributed by atoms with E-state index in [1.807, 2.05) is 0 Å². The van der Waals surface area contributed by atoms with E-state index in [1.54, 1.807) is 0 Å². The second-order valence-electron chi connectivity index (χ2n) is 1.76. The predicted octanol–water partition coefficient (Wildman–Crippen LogP) is 1.21. The average Bonchev–Trinajstić information content (AvgIpc) is 2.38. The predicted molar refractivity (Wildman–Crippen MR) is 46.6 cm³/mol. The Morgan fingerprint density at radius 2 is 2.83 bits per heavy atom. The van der Waals surface area contributed by atoms with E-state index in [0.29, 0.717) is 4.57 Å². The molecule has 0 aliphatic carbocycles. The Labute approximate surface area is 87.1 Å². The Balaban J connectivity index is 3.32. The van der Waals surface area contributed by atoms with Crippen LogP contribution >= 0.6 is 15.9 Å². The van der Waals surface area contributed by atoms with Crippen LogP contribution in [0.3, 0.4) is 0 Å². The van der Waals surface area contributed by atoms with Crippen molar-refractivity contribution < 1.29 is 17.8 Å². The summed E-state index contributed by atoms with van der Waals surface area (Å²) in [5.74, 6) is -1.01. The number of halogens is 1. The molecule has 0 aliphatic heterocycles. The van der Waals surface area contributed by atoms with Crippen LogP contribution in [0, 0.1) is 0 Å². The molecular formula is C7H9BrN2O2. The molecule has 0 amide bonds. The van der Waals surface area contributed by atoms with Crippen LogP contribution in [0.15, 0.2) is 17.1 Å². The summed E-state index contributed by atoms with van der Waals surface area (Å²) in [6, 6.07) is 0. The number of aromatic nitrogens is 2. The van der Waals surface area contributed by atoms with Crippen LogP contribution < -0.4 is 0 Å². The van der Waals surface area contributed by atoms with E-state index in [9.17, 15) is 4.79 Å². The number of hydrogen-bond donors (Lipinski definition) is 0. The number of ether oxygens (including phenoxy) is 1. The molecule has 1 aromatic rings. The van der Waals surface area contributed by atoms with Gasteiger partial charge in [-0.2, -0.15) is 0 Å². The van der Waals surface area contributed by atoms with E-state index in [2.05, 4.69) is 25.7 Å². The normalized spacial score (nSPS) is 19.5. The fourth-order valence-corrected chi connectivity index (χ4v) is 0.686. The van der Waals surface area contributed by atoms with E-state index in [-0.39, 0.29) is 4.60 Å². The Hall–Kier alpha value is -0.840. The first kappa shape index (κ1) is 3.91. The minimum absolute atomic E-state index is 0.102. The summed E-state index contributed by atoms with van der Waals surface area (Å²) in [6.07, 6.45) is -1.19. The third kappa shape index (κ3) is 3.04. The van der Waals surface area contributed by atoms with Crippen LogP contribution in [0.1, 0.15) is 15.1 Å². The van der Waals surface area contributed by atoms with Crippen molar-refractivity contribution in [3.8, 4) is 0 Å². The van der Waals surface area contributed by atoms with Gasteiger partial charge in [-0.3, -0.25) is 4.79 Å². The topological polar surface area (TPSA) is 44.1 Å². The van der Waals surface area contributed by atoms with Gasteiger partial charge in [0.1, 0.15) is 12.5 Å². The zero-order chi connectivity index (χ0) is 14.3. The fourth-order valence-electron chi connectivity index (χ4n) is 0.429. The van der Waals surface area contributed by atoms with Crippen LogP contribution in [0.4, 0.5) is 0 Å². The molecule has 66 valence electrons. The molecule has 0 fully saturated rings. The van der Waals surface area contributed by atoms with Crippen molar-refractivity contribution in [2.75, 3.05) is 6.56 Å². The number of nitrogens with zero attached hydrogens (tertiary/aromatic N) is 2. The molecule has 0 N–H and O–H groups in total. The molecule has 0 aliphatic rings. The van der Waals surface area contributed by atoms with E-state index in [4.69, 9.17) is 8.22 Å². The lowest BCUT2D eigenvalue weighted by Crippen LogP contribution is -2.07. The summed E-state index contributed by atoms with van der Waals surface area (Å²) in [7, 11) is 0. The molecule has 1 heterocycles. The number of hydrogen-bond acceptors (Lipinski definition) is 3. The maximum Gasteiger partial charge on any atom is 0.302 e. The van der Waals surface area contributed by atoms with Crippen molar-refractivity contribution in [3.63, 3.8) is 0 Å². The fraction of sp³-hybridized carbons (Fsp3) is 0.429. The number of rotatable bonds is 3. The second kappa shape index (κ2) is 4.25. The smallest absolute Gasteiger partial charge is 0.302 e. The summed E-state index contributed by atoms with van der Waals surface area (Å²) in [5, 5.41) is 0. The van der Waals surface area contributed by atoms with Gasteiger partial charge in [-0.05, 0) is 15.9 Å². The summed E-state index contributed by atoms with van der Waals surface area (Å²) >= 11 is 2.84. The molecule has 0 bridgehead atoms. The quantitative estimate of drug-likeness (QED) is 0.744. The SMILES string of the molecule is [2H]c1nc(Br)c([2H])n1C([2H])([2H])C([2H])([2H])OC(C)=O. The average molecular weight is 239 g/mol. The van der Waals surface area contributed by atoms with Crippen molar-refractivity contribution in [1.82, 2.24) is 9.55 Å². The van der Waals surface area contributed by atoms with Gasteiger partial charge >= 0.3 is 5.97 Å². The number of esters is 1. The number of imidazole rings is 1. The summed E-state index contributed by atoms with van der Waals surface area (Å²) in [4.78, 5) is 14.2. The molecule has 5 heteroatoms. The first-order chi connectivity index (χ1) is 8.00. The van der Waals surface area contributed by atoms with Gasteiger partial charge < -0.3 is 9.30 Å². The van der Waals surface area contributed by atoms with E-state index >= 15 is 0 Å². The molecule has 0 saturated heterocycles. The molecule has 12 heavy (non-hydrogen) atoms. The summed E-state index contributed by atoms with van der Waals surface area (Å²) in [6.45, 7) is -5.04. The monoisotopic (exact) mass is 238 g/mol. The van der Waals surface area contributed by atoms with Crippen LogP contribution in [0.2, 0.25) is 0 Å². The minimum atomic E-state index is -3.04. The lowest BCUT2D eigenvalue weighted by atomic mass is 10.6. The third-order valence-corrected chi connectivity index (χ3v) is 1.16. The van der Waals surface area contributed by atoms with Gasteiger partial charge in [0.2, 0.25) is 0 Å². The summed E-state index contributed by atoms with van der Waals surface area (Å²) < 4.78 is 49.6.